The number of hydrogen-bond acceptors (Lipinski definition) is 2. The summed E-state index contributed by atoms with van der Waals surface area (Å²) in [5, 5.41) is 3.10. The molecular weight excluding hydrogens is 212 g/mol. The number of nitrogens with one attached hydrogen (secondary N) is 1. The molecule has 0 unspecified atom stereocenters. The second kappa shape index (κ2) is 5.28. The lowest BCUT2D eigenvalue weighted by Crippen LogP contribution is -2.24. The number of carbonyl (C=O) groups excluding carboxylic acids is 1. The minimum atomic E-state index is -0.223. The Labute approximate surface area is 93.6 Å². The summed E-state index contributed by atoms with van der Waals surface area (Å²) >= 11 is 5.76. The van der Waals surface area contributed by atoms with Gasteiger partial charge in [-0.2, -0.15) is 0 Å². The van der Waals surface area contributed by atoms with E-state index in [1.807, 2.05) is 0 Å². The molecule has 4 heteroatoms. The molecule has 1 amide bonds. The van der Waals surface area contributed by atoms with E-state index in [4.69, 9.17) is 23.8 Å². The van der Waals surface area contributed by atoms with Gasteiger partial charge < -0.3 is 11.1 Å². The van der Waals surface area contributed by atoms with Gasteiger partial charge in [0.1, 0.15) is 0 Å². The largest absolute Gasteiger partial charge is 0.399 e. The maximum absolute atomic E-state index is 11.5. The predicted octanol–water partition coefficient (Wildman–Crippen LogP) is 1.68. The number of terminal acetylenes is 1. The van der Waals surface area contributed by atoms with Crippen LogP contribution in [0.25, 0.3) is 0 Å². The Balaban J connectivity index is 2.70. The van der Waals surface area contributed by atoms with Crippen LogP contribution in [0, 0.1) is 12.3 Å². The van der Waals surface area contributed by atoms with E-state index < -0.39 is 0 Å². The van der Waals surface area contributed by atoms with Gasteiger partial charge in [-0.15, -0.1) is 12.3 Å². The van der Waals surface area contributed by atoms with Crippen molar-refractivity contribution in [1.82, 2.24) is 5.32 Å². The first kappa shape index (κ1) is 11.4. The molecule has 0 fully saturated rings. The number of hydrogen-bond donors (Lipinski definition) is 2. The fraction of sp³-hybridized carbons (Fsp3) is 0.182. The zero-order chi connectivity index (χ0) is 11.3. The highest BCUT2D eigenvalue weighted by Crippen LogP contribution is 2.16. The van der Waals surface area contributed by atoms with Gasteiger partial charge in [0.2, 0.25) is 0 Å². The van der Waals surface area contributed by atoms with Gasteiger partial charge in [-0.25, -0.2) is 0 Å². The smallest absolute Gasteiger partial charge is 0.251 e. The van der Waals surface area contributed by atoms with Crippen molar-refractivity contribution in [3.8, 4) is 12.3 Å². The molecule has 0 radical (unpaired) electrons. The van der Waals surface area contributed by atoms with Crippen molar-refractivity contribution in [1.29, 1.82) is 0 Å². The van der Waals surface area contributed by atoms with Crippen molar-refractivity contribution < 1.29 is 4.79 Å². The molecule has 0 aliphatic rings. The summed E-state index contributed by atoms with van der Waals surface area (Å²) in [6, 6.07) is 4.71. The van der Waals surface area contributed by atoms with Crippen LogP contribution in [0.4, 0.5) is 5.69 Å². The summed E-state index contributed by atoms with van der Waals surface area (Å²) in [5.74, 6) is 2.21. The molecule has 15 heavy (non-hydrogen) atoms. The zero-order valence-electron chi connectivity index (χ0n) is 8.09. The first-order chi connectivity index (χ1) is 7.13. The normalized spacial score (nSPS) is 9.33. The van der Waals surface area contributed by atoms with Gasteiger partial charge in [0.15, 0.2) is 0 Å². The van der Waals surface area contributed by atoms with Crippen LogP contribution in [0.2, 0.25) is 5.02 Å². The van der Waals surface area contributed by atoms with Gasteiger partial charge in [-0.3, -0.25) is 4.79 Å². The van der Waals surface area contributed by atoms with Gasteiger partial charge in [-0.1, -0.05) is 11.6 Å². The molecule has 0 aliphatic carbocycles. The number of amides is 1. The van der Waals surface area contributed by atoms with Crippen LogP contribution in [0.1, 0.15) is 16.8 Å². The van der Waals surface area contributed by atoms with E-state index in [9.17, 15) is 4.79 Å². The van der Waals surface area contributed by atoms with Crippen LogP contribution in [0.3, 0.4) is 0 Å². The van der Waals surface area contributed by atoms with Gasteiger partial charge in [0, 0.05) is 29.2 Å². The van der Waals surface area contributed by atoms with Crippen LogP contribution >= 0.6 is 11.6 Å². The number of benzene rings is 1. The van der Waals surface area contributed by atoms with E-state index in [0.29, 0.717) is 29.2 Å². The Kier molecular flexibility index (Phi) is 4.02. The molecule has 78 valence electrons. The van der Waals surface area contributed by atoms with E-state index in [0.717, 1.165) is 0 Å². The Bertz CT molecular complexity index is 389. The van der Waals surface area contributed by atoms with Crippen molar-refractivity contribution in [3.63, 3.8) is 0 Å². The Hall–Kier alpha value is -1.66. The monoisotopic (exact) mass is 222 g/mol. The van der Waals surface area contributed by atoms with Gasteiger partial charge in [0.05, 0.1) is 0 Å². The molecule has 0 aromatic heterocycles. The van der Waals surface area contributed by atoms with E-state index in [1.54, 1.807) is 18.2 Å². The standard InChI is InChI=1S/C11H11ClN2O/c1-2-3-4-14-11(15)8-5-9(12)7-10(13)6-8/h1,5-7H,3-4,13H2,(H,14,15). The van der Waals surface area contributed by atoms with Gasteiger partial charge >= 0.3 is 0 Å². The van der Waals surface area contributed by atoms with Crippen LogP contribution < -0.4 is 11.1 Å². The van der Waals surface area contributed by atoms with E-state index >= 15 is 0 Å². The van der Waals surface area contributed by atoms with E-state index in [2.05, 4.69) is 11.2 Å². The molecule has 0 spiro atoms. The number of nitrogen functional groups attached to an aromatic ring is 1. The number of carbonyl (C=O) groups is 1. The minimum absolute atomic E-state index is 0.223. The molecule has 0 saturated carbocycles. The molecule has 1 aromatic carbocycles. The molecule has 3 nitrogen and oxygen atoms in total. The molecule has 0 saturated heterocycles. The number of rotatable bonds is 3. The molecule has 0 bridgehead atoms. The predicted molar refractivity (Wildman–Crippen MR) is 61.6 cm³/mol. The third-order valence-electron chi connectivity index (χ3n) is 1.74. The third kappa shape index (κ3) is 3.53. The maximum Gasteiger partial charge on any atom is 0.251 e. The summed E-state index contributed by atoms with van der Waals surface area (Å²) in [4.78, 5) is 11.5. The Morgan fingerprint density at radius 2 is 2.27 bits per heavy atom. The SMILES string of the molecule is C#CCCNC(=O)c1cc(N)cc(Cl)c1. The fourth-order valence-corrected chi connectivity index (χ4v) is 1.34. The van der Waals surface area contributed by atoms with Crippen molar-refractivity contribution in [2.75, 3.05) is 12.3 Å². The van der Waals surface area contributed by atoms with Crippen LogP contribution in [0.15, 0.2) is 18.2 Å². The molecule has 0 heterocycles. The Morgan fingerprint density at radius 1 is 1.53 bits per heavy atom. The molecule has 0 aliphatic heterocycles. The van der Waals surface area contributed by atoms with Crippen LogP contribution in [-0.2, 0) is 0 Å². The fourth-order valence-electron chi connectivity index (χ4n) is 1.09. The first-order valence-electron chi connectivity index (χ1n) is 4.41. The summed E-state index contributed by atoms with van der Waals surface area (Å²) in [6.45, 7) is 0.446. The van der Waals surface area contributed by atoms with Gasteiger partial charge in [-0.05, 0) is 18.2 Å². The summed E-state index contributed by atoms with van der Waals surface area (Å²) < 4.78 is 0. The molecule has 1 rings (SSSR count). The third-order valence-corrected chi connectivity index (χ3v) is 1.96. The van der Waals surface area contributed by atoms with E-state index in [1.165, 1.54) is 0 Å². The highest BCUT2D eigenvalue weighted by molar-refractivity contribution is 6.31. The molecular formula is C11H11ClN2O. The summed E-state index contributed by atoms with van der Waals surface area (Å²) in [6.07, 6.45) is 5.56. The maximum atomic E-state index is 11.5. The second-order valence-corrected chi connectivity index (χ2v) is 3.42. The number of anilines is 1. The highest BCUT2D eigenvalue weighted by atomic mass is 35.5. The molecule has 0 atom stereocenters. The quantitative estimate of drug-likeness (QED) is 0.465. The number of halogens is 1. The lowest BCUT2D eigenvalue weighted by atomic mass is 10.2. The van der Waals surface area contributed by atoms with Gasteiger partial charge in [0.25, 0.3) is 5.91 Å². The van der Waals surface area contributed by atoms with Crippen molar-refractivity contribution >= 4 is 23.2 Å². The van der Waals surface area contributed by atoms with Crippen LogP contribution in [0.5, 0.6) is 0 Å². The second-order valence-electron chi connectivity index (χ2n) is 2.98. The van der Waals surface area contributed by atoms with Crippen molar-refractivity contribution in [2.45, 2.75) is 6.42 Å². The average Bonchev–Trinajstić information content (AvgIpc) is 2.16. The number of nitrogens with two attached hydrogens (primary N) is 1. The first-order valence-corrected chi connectivity index (χ1v) is 4.79. The topological polar surface area (TPSA) is 55.1 Å². The molecule has 3 N–H and O–H groups in total. The summed E-state index contributed by atoms with van der Waals surface area (Å²) in [7, 11) is 0. The summed E-state index contributed by atoms with van der Waals surface area (Å²) in [5.41, 5.74) is 6.46. The lowest BCUT2D eigenvalue weighted by Gasteiger charge is -2.04. The zero-order valence-corrected chi connectivity index (χ0v) is 8.84. The van der Waals surface area contributed by atoms with Crippen molar-refractivity contribution in [3.05, 3.63) is 28.8 Å². The molecule has 1 aromatic rings. The lowest BCUT2D eigenvalue weighted by molar-refractivity contribution is 0.0954. The van der Waals surface area contributed by atoms with Crippen LogP contribution in [-0.4, -0.2) is 12.5 Å². The Morgan fingerprint density at radius 3 is 2.87 bits per heavy atom. The van der Waals surface area contributed by atoms with Crippen molar-refractivity contribution in [2.24, 2.45) is 0 Å². The van der Waals surface area contributed by atoms with E-state index in [-0.39, 0.29) is 5.91 Å². The minimum Gasteiger partial charge on any atom is -0.399 e. The average molecular weight is 223 g/mol. The highest BCUT2D eigenvalue weighted by Gasteiger charge is 2.06.